The number of anilines is 1. The van der Waals surface area contributed by atoms with Gasteiger partial charge in [-0.3, -0.25) is 0 Å². The van der Waals surface area contributed by atoms with Crippen LogP contribution in [0.15, 0.2) is 46.9 Å². The number of halogens is 1. The maximum atomic E-state index is 11.1. The molecule has 1 N–H and O–H groups in total. The van der Waals surface area contributed by atoms with E-state index in [0.717, 1.165) is 41.7 Å². The number of fused-ring (bicyclic) bond motifs is 1. The van der Waals surface area contributed by atoms with Gasteiger partial charge in [0.1, 0.15) is 0 Å². The van der Waals surface area contributed by atoms with E-state index in [9.17, 15) is 4.79 Å². The number of carbonyl (C=O) groups is 1. The second-order valence-corrected chi connectivity index (χ2v) is 6.22. The summed E-state index contributed by atoms with van der Waals surface area (Å²) >= 11 is 3.45. The van der Waals surface area contributed by atoms with Crippen molar-refractivity contribution in [3.8, 4) is 0 Å². The standard InChI is InChI=1S/C17H16BrNO2/c18-15-6-3-12(4-7-15)11-19-9-1-2-13-10-14(17(20)21)5-8-16(13)19/h3-8,10H,1-2,9,11H2,(H,20,21). The first kappa shape index (κ1) is 14.1. The summed E-state index contributed by atoms with van der Waals surface area (Å²) in [6.07, 6.45) is 2.01. The van der Waals surface area contributed by atoms with Gasteiger partial charge in [-0.15, -0.1) is 0 Å². The van der Waals surface area contributed by atoms with E-state index in [1.54, 1.807) is 6.07 Å². The Kier molecular flexibility index (Phi) is 3.97. The molecule has 21 heavy (non-hydrogen) atoms. The molecule has 0 unspecified atom stereocenters. The Balaban J connectivity index is 1.86. The average Bonchev–Trinajstić information content (AvgIpc) is 2.49. The molecule has 108 valence electrons. The van der Waals surface area contributed by atoms with E-state index in [2.05, 4.69) is 33.0 Å². The van der Waals surface area contributed by atoms with Crippen LogP contribution in [-0.2, 0) is 13.0 Å². The van der Waals surface area contributed by atoms with Crippen LogP contribution < -0.4 is 4.90 Å². The molecule has 2 aromatic carbocycles. The van der Waals surface area contributed by atoms with Crippen LogP contribution in [0.3, 0.4) is 0 Å². The molecule has 0 saturated carbocycles. The van der Waals surface area contributed by atoms with E-state index >= 15 is 0 Å². The lowest BCUT2D eigenvalue weighted by molar-refractivity contribution is 0.0697. The first-order valence-electron chi connectivity index (χ1n) is 6.99. The van der Waals surface area contributed by atoms with Crippen LogP contribution in [0.2, 0.25) is 0 Å². The highest BCUT2D eigenvalue weighted by Crippen LogP contribution is 2.29. The molecule has 2 aromatic rings. The van der Waals surface area contributed by atoms with Crippen molar-refractivity contribution < 1.29 is 9.90 Å². The van der Waals surface area contributed by atoms with Crippen molar-refractivity contribution in [3.05, 3.63) is 63.6 Å². The summed E-state index contributed by atoms with van der Waals surface area (Å²) in [6.45, 7) is 1.86. The van der Waals surface area contributed by atoms with Gasteiger partial charge in [0.15, 0.2) is 0 Å². The fourth-order valence-electron chi connectivity index (χ4n) is 2.78. The van der Waals surface area contributed by atoms with Gasteiger partial charge in [0, 0.05) is 23.2 Å². The van der Waals surface area contributed by atoms with E-state index in [0.29, 0.717) is 5.56 Å². The molecule has 0 aliphatic carbocycles. The molecule has 3 rings (SSSR count). The van der Waals surface area contributed by atoms with Crippen molar-refractivity contribution in [2.75, 3.05) is 11.4 Å². The van der Waals surface area contributed by atoms with Crippen LogP contribution >= 0.6 is 15.9 Å². The lowest BCUT2D eigenvalue weighted by Gasteiger charge is -2.31. The van der Waals surface area contributed by atoms with Gasteiger partial charge in [0.05, 0.1) is 5.56 Å². The van der Waals surface area contributed by atoms with Crippen LogP contribution in [0.25, 0.3) is 0 Å². The fourth-order valence-corrected chi connectivity index (χ4v) is 3.05. The van der Waals surface area contributed by atoms with Gasteiger partial charge < -0.3 is 10.0 Å². The summed E-state index contributed by atoms with van der Waals surface area (Å²) < 4.78 is 1.08. The highest BCUT2D eigenvalue weighted by molar-refractivity contribution is 9.10. The summed E-state index contributed by atoms with van der Waals surface area (Å²) in [7, 11) is 0. The monoisotopic (exact) mass is 345 g/mol. The number of rotatable bonds is 3. The molecule has 0 radical (unpaired) electrons. The number of hydrogen-bond donors (Lipinski definition) is 1. The molecule has 1 aliphatic heterocycles. The third kappa shape index (κ3) is 3.10. The van der Waals surface area contributed by atoms with E-state index in [1.807, 2.05) is 24.3 Å². The molecule has 1 aliphatic rings. The topological polar surface area (TPSA) is 40.5 Å². The minimum atomic E-state index is -0.858. The summed E-state index contributed by atoms with van der Waals surface area (Å²) in [5.74, 6) is -0.858. The Labute approximate surface area is 132 Å². The molecule has 4 heteroatoms. The lowest BCUT2D eigenvalue weighted by Crippen LogP contribution is -2.29. The van der Waals surface area contributed by atoms with Crippen molar-refractivity contribution in [1.29, 1.82) is 0 Å². The molecule has 0 fully saturated rings. The smallest absolute Gasteiger partial charge is 0.335 e. The van der Waals surface area contributed by atoms with Crippen molar-refractivity contribution in [2.24, 2.45) is 0 Å². The second kappa shape index (κ2) is 5.90. The zero-order chi connectivity index (χ0) is 14.8. The van der Waals surface area contributed by atoms with Crippen LogP contribution in [0.4, 0.5) is 5.69 Å². The number of carboxylic acids is 1. The predicted octanol–water partition coefficient (Wildman–Crippen LogP) is 4.10. The minimum absolute atomic E-state index is 0.374. The van der Waals surface area contributed by atoms with Gasteiger partial charge in [0.25, 0.3) is 0 Å². The lowest BCUT2D eigenvalue weighted by atomic mass is 9.98. The second-order valence-electron chi connectivity index (χ2n) is 5.30. The SMILES string of the molecule is O=C(O)c1ccc2c(c1)CCCN2Cc1ccc(Br)cc1. The highest BCUT2D eigenvalue weighted by atomic mass is 79.9. The molecule has 0 bridgehead atoms. The largest absolute Gasteiger partial charge is 0.478 e. The van der Waals surface area contributed by atoms with Crippen molar-refractivity contribution >= 4 is 27.6 Å². The summed E-state index contributed by atoms with van der Waals surface area (Å²) in [6, 6.07) is 13.8. The minimum Gasteiger partial charge on any atom is -0.478 e. The average molecular weight is 346 g/mol. The van der Waals surface area contributed by atoms with Gasteiger partial charge in [-0.25, -0.2) is 4.79 Å². The van der Waals surface area contributed by atoms with Gasteiger partial charge in [-0.1, -0.05) is 28.1 Å². The maximum absolute atomic E-state index is 11.1. The number of hydrogen-bond acceptors (Lipinski definition) is 2. The molecule has 0 atom stereocenters. The molecular formula is C17H16BrNO2. The van der Waals surface area contributed by atoms with Crippen LogP contribution in [-0.4, -0.2) is 17.6 Å². The van der Waals surface area contributed by atoms with Crippen LogP contribution in [0.1, 0.15) is 27.9 Å². The van der Waals surface area contributed by atoms with E-state index < -0.39 is 5.97 Å². The maximum Gasteiger partial charge on any atom is 0.335 e. The summed E-state index contributed by atoms with van der Waals surface area (Å²) in [5, 5.41) is 9.10. The van der Waals surface area contributed by atoms with Gasteiger partial charge in [-0.05, 0) is 54.3 Å². The molecule has 3 nitrogen and oxygen atoms in total. The van der Waals surface area contributed by atoms with Crippen LogP contribution in [0.5, 0.6) is 0 Å². The third-order valence-electron chi connectivity index (χ3n) is 3.83. The molecule has 0 aromatic heterocycles. The third-order valence-corrected chi connectivity index (χ3v) is 4.36. The van der Waals surface area contributed by atoms with E-state index in [1.165, 1.54) is 5.56 Å². The van der Waals surface area contributed by atoms with Gasteiger partial charge >= 0.3 is 5.97 Å². The number of aromatic carboxylic acids is 1. The van der Waals surface area contributed by atoms with Crippen molar-refractivity contribution in [2.45, 2.75) is 19.4 Å². The van der Waals surface area contributed by atoms with Crippen molar-refractivity contribution in [1.82, 2.24) is 0 Å². The fraction of sp³-hybridized carbons (Fsp3) is 0.235. The Morgan fingerprint density at radius 3 is 2.67 bits per heavy atom. The number of carboxylic acid groups (broad SMARTS) is 1. The zero-order valence-electron chi connectivity index (χ0n) is 11.6. The van der Waals surface area contributed by atoms with Crippen LogP contribution in [0, 0.1) is 0 Å². The molecule has 0 spiro atoms. The van der Waals surface area contributed by atoms with Crippen molar-refractivity contribution in [3.63, 3.8) is 0 Å². The first-order valence-corrected chi connectivity index (χ1v) is 7.78. The zero-order valence-corrected chi connectivity index (χ0v) is 13.1. The van der Waals surface area contributed by atoms with E-state index in [4.69, 9.17) is 5.11 Å². The quantitative estimate of drug-likeness (QED) is 0.910. The number of nitrogens with zero attached hydrogens (tertiary/aromatic N) is 1. The summed E-state index contributed by atoms with van der Waals surface area (Å²) in [5.41, 5.74) is 3.93. The predicted molar refractivity (Wildman–Crippen MR) is 86.9 cm³/mol. The molecule has 0 amide bonds. The Bertz CT molecular complexity index is 667. The van der Waals surface area contributed by atoms with Gasteiger partial charge in [-0.2, -0.15) is 0 Å². The van der Waals surface area contributed by atoms with E-state index in [-0.39, 0.29) is 0 Å². The first-order chi connectivity index (χ1) is 10.1. The molecule has 0 saturated heterocycles. The summed E-state index contributed by atoms with van der Waals surface area (Å²) in [4.78, 5) is 13.4. The Hall–Kier alpha value is -1.81. The Morgan fingerprint density at radius 2 is 1.95 bits per heavy atom. The molecule has 1 heterocycles. The Morgan fingerprint density at radius 1 is 1.19 bits per heavy atom. The number of aryl methyl sites for hydroxylation is 1. The number of benzene rings is 2. The normalized spacial score (nSPS) is 13.9. The molecular weight excluding hydrogens is 330 g/mol. The van der Waals surface area contributed by atoms with Gasteiger partial charge in [0.2, 0.25) is 0 Å². The highest BCUT2D eigenvalue weighted by Gasteiger charge is 2.18.